The van der Waals surface area contributed by atoms with Crippen molar-refractivity contribution in [1.29, 1.82) is 0 Å². The SMILES string of the molecule is CC(C)Cn1c(SCC(=O)O)nnc1C1CC1C. The van der Waals surface area contributed by atoms with Crippen LogP contribution < -0.4 is 0 Å². The van der Waals surface area contributed by atoms with Crippen molar-refractivity contribution in [2.45, 2.75) is 44.8 Å². The molecule has 0 bridgehead atoms. The van der Waals surface area contributed by atoms with Gasteiger partial charge >= 0.3 is 5.97 Å². The Morgan fingerprint density at radius 2 is 2.22 bits per heavy atom. The average molecular weight is 269 g/mol. The Hall–Kier alpha value is -1.04. The molecule has 6 heteroatoms. The van der Waals surface area contributed by atoms with Crippen molar-refractivity contribution in [3.63, 3.8) is 0 Å². The predicted octanol–water partition coefficient (Wildman–Crippen LogP) is 2.23. The van der Waals surface area contributed by atoms with Crippen LogP contribution in [0, 0.1) is 11.8 Å². The number of hydrogen-bond donors (Lipinski definition) is 1. The van der Waals surface area contributed by atoms with Crippen molar-refractivity contribution in [2.75, 3.05) is 5.75 Å². The summed E-state index contributed by atoms with van der Waals surface area (Å²) in [7, 11) is 0. The maximum absolute atomic E-state index is 10.6. The van der Waals surface area contributed by atoms with Crippen molar-refractivity contribution in [3.05, 3.63) is 5.82 Å². The van der Waals surface area contributed by atoms with Crippen molar-refractivity contribution < 1.29 is 9.90 Å². The summed E-state index contributed by atoms with van der Waals surface area (Å²) >= 11 is 1.25. The molecule has 1 heterocycles. The lowest BCUT2D eigenvalue weighted by Gasteiger charge is -2.11. The molecule has 2 unspecified atom stereocenters. The highest BCUT2D eigenvalue weighted by atomic mass is 32.2. The molecular weight excluding hydrogens is 250 g/mol. The molecule has 0 aliphatic heterocycles. The second-order valence-corrected chi connectivity index (χ2v) is 6.29. The molecule has 1 aliphatic rings. The molecule has 0 radical (unpaired) electrons. The van der Waals surface area contributed by atoms with Gasteiger partial charge in [-0.05, 0) is 18.3 Å². The Balaban J connectivity index is 2.17. The Bertz CT molecular complexity index is 445. The molecule has 2 atom stereocenters. The number of nitrogens with zero attached hydrogens (tertiary/aromatic N) is 3. The normalized spacial score (nSPS) is 22.4. The summed E-state index contributed by atoms with van der Waals surface area (Å²) in [6.45, 7) is 7.36. The van der Waals surface area contributed by atoms with Crippen molar-refractivity contribution in [3.8, 4) is 0 Å². The predicted molar refractivity (Wildman–Crippen MR) is 69.7 cm³/mol. The first-order valence-corrected chi connectivity index (χ1v) is 7.25. The van der Waals surface area contributed by atoms with Gasteiger partial charge in [-0.3, -0.25) is 4.79 Å². The van der Waals surface area contributed by atoms with Gasteiger partial charge in [-0.2, -0.15) is 0 Å². The summed E-state index contributed by atoms with van der Waals surface area (Å²) in [5, 5.41) is 17.9. The fraction of sp³-hybridized carbons (Fsp3) is 0.750. The monoisotopic (exact) mass is 269 g/mol. The van der Waals surface area contributed by atoms with E-state index in [0.29, 0.717) is 17.8 Å². The minimum atomic E-state index is -0.819. The van der Waals surface area contributed by atoms with E-state index in [1.165, 1.54) is 18.2 Å². The lowest BCUT2D eigenvalue weighted by Crippen LogP contribution is -2.10. The first-order chi connectivity index (χ1) is 8.49. The zero-order valence-corrected chi connectivity index (χ0v) is 11.8. The molecule has 1 N–H and O–H groups in total. The molecule has 1 fully saturated rings. The van der Waals surface area contributed by atoms with Gasteiger partial charge in [-0.25, -0.2) is 0 Å². The number of carboxylic acids is 1. The highest BCUT2D eigenvalue weighted by Crippen LogP contribution is 2.46. The standard InChI is InChI=1S/C12H19N3O2S/c1-7(2)5-15-11(9-4-8(9)3)13-14-12(15)18-6-10(16)17/h7-9H,4-6H2,1-3H3,(H,16,17). The molecule has 0 saturated heterocycles. The van der Waals surface area contributed by atoms with Gasteiger partial charge < -0.3 is 9.67 Å². The first kappa shape index (κ1) is 13.4. The Morgan fingerprint density at radius 3 is 2.72 bits per heavy atom. The molecule has 100 valence electrons. The highest BCUT2D eigenvalue weighted by molar-refractivity contribution is 7.99. The van der Waals surface area contributed by atoms with Crippen LogP contribution in [0.4, 0.5) is 0 Å². The lowest BCUT2D eigenvalue weighted by molar-refractivity contribution is -0.133. The summed E-state index contributed by atoms with van der Waals surface area (Å²) in [5.74, 6) is 1.94. The summed E-state index contributed by atoms with van der Waals surface area (Å²) in [5.41, 5.74) is 0. The Kier molecular flexibility index (Phi) is 3.94. The second kappa shape index (κ2) is 5.30. The van der Waals surface area contributed by atoms with Gasteiger partial charge in [0.1, 0.15) is 5.82 Å². The maximum Gasteiger partial charge on any atom is 0.313 e. The molecule has 0 amide bonds. The molecule has 0 spiro atoms. The molecule has 18 heavy (non-hydrogen) atoms. The number of aliphatic carboxylic acids is 1. The fourth-order valence-corrected chi connectivity index (χ4v) is 2.70. The fourth-order valence-electron chi connectivity index (χ4n) is 2.03. The number of carboxylic acid groups (broad SMARTS) is 1. The van der Waals surface area contributed by atoms with E-state index in [-0.39, 0.29) is 5.75 Å². The smallest absolute Gasteiger partial charge is 0.313 e. The van der Waals surface area contributed by atoms with E-state index in [2.05, 4.69) is 35.5 Å². The highest BCUT2D eigenvalue weighted by Gasteiger charge is 2.38. The number of carbonyl (C=O) groups is 1. The molecule has 2 rings (SSSR count). The first-order valence-electron chi connectivity index (χ1n) is 6.26. The number of aromatic nitrogens is 3. The van der Waals surface area contributed by atoms with Crippen LogP contribution >= 0.6 is 11.8 Å². The molecule has 1 aromatic rings. The minimum absolute atomic E-state index is 0.0381. The van der Waals surface area contributed by atoms with E-state index in [0.717, 1.165) is 17.5 Å². The van der Waals surface area contributed by atoms with Crippen LogP contribution in [0.2, 0.25) is 0 Å². The van der Waals surface area contributed by atoms with Gasteiger partial charge in [-0.15, -0.1) is 10.2 Å². The second-order valence-electron chi connectivity index (χ2n) is 5.35. The topological polar surface area (TPSA) is 68.0 Å². The minimum Gasteiger partial charge on any atom is -0.481 e. The van der Waals surface area contributed by atoms with Gasteiger partial charge in [-0.1, -0.05) is 32.5 Å². The van der Waals surface area contributed by atoms with Gasteiger partial charge in [0.2, 0.25) is 0 Å². The Labute approximate surface area is 111 Å². The average Bonchev–Trinajstić information content (AvgIpc) is 2.86. The molecule has 0 aromatic carbocycles. The van der Waals surface area contributed by atoms with Crippen LogP contribution in [0.3, 0.4) is 0 Å². The quantitative estimate of drug-likeness (QED) is 0.802. The number of thioether (sulfide) groups is 1. The van der Waals surface area contributed by atoms with Gasteiger partial charge in [0.15, 0.2) is 5.16 Å². The third-order valence-corrected chi connectivity index (χ3v) is 4.01. The maximum atomic E-state index is 10.6. The van der Waals surface area contributed by atoms with Crippen LogP contribution in [-0.2, 0) is 11.3 Å². The van der Waals surface area contributed by atoms with Crippen molar-refractivity contribution in [1.82, 2.24) is 14.8 Å². The van der Waals surface area contributed by atoms with E-state index < -0.39 is 5.97 Å². The summed E-state index contributed by atoms with van der Waals surface area (Å²) in [4.78, 5) is 10.6. The van der Waals surface area contributed by atoms with E-state index in [1.807, 2.05) is 0 Å². The molecule has 1 aromatic heterocycles. The molecule has 5 nitrogen and oxygen atoms in total. The van der Waals surface area contributed by atoms with Crippen LogP contribution in [-0.4, -0.2) is 31.6 Å². The summed E-state index contributed by atoms with van der Waals surface area (Å²) in [6, 6.07) is 0. The lowest BCUT2D eigenvalue weighted by atomic mass is 10.2. The van der Waals surface area contributed by atoms with E-state index in [4.69, 9.17) is 5.11 Å². The number of rotatable bonds is 6. The zero-order chi connectivity index (χ0) is 13.3. The Morgan fingerprint density at radius 1 is 1.56 bits per heavy atom. The van der Waals surface area contributed by atoms with E-state index in [1.54, 1.807) is 0 Å². The third kappa shape index (κ3) is 3.04. The van der Waals surface area contributed by atoms with Crippen LogP contribution in [0.1, 0.15) is 38.9 Å². The summed E-state index contributed by atoms with van der Waals surface area (Å²) < 4.78 is 2.10. The third-order valence-electron chi connectivity index (χ3n) is 3.06. The van der Waals surface area contributed by atoms with Gasteiger partial charge in [0, 0.05) is 12.5 Å². The molecule has 1 aliphatic carbocycles. The van der Waals surface area contributed by atoms with Gasteiger partial charge in [0.25, 0.3) is 0 Å². The summed E-state index contributed by atoms with van der Waals surface area (Å²) in [6.07, 6.45) is 1.17. The van der Waals surface area contributed by atoms with E-state index in [9.17, 15) is 4.79 Å². The van der Waals surface area contributed by atoms with Crippen molar-refractivity contribution >= 4 is 17.7 Å². The van der Waals surface area contributed by atoms with E-state index >= 15 is 0 Å². The van der Waals surface area contributed by atoms with Gasteiger partial charge in [0.05, 0.1) is 5.75 Å². The van der Waals surface area contributed by atoms with Crippen LogP contribution in [0.5, 0.6) is 0 Å². The molecular formula is C12H19N3O2S. The van der Waals surface area contributed by atoms with Crippen LogP contribution in [0.15, 0.2) is 5.16 Å². The molecule has 1 saturated carbocycles. The van der Waals surface area contributed by atoms with Crippen molar-refractivity contribution in [2.24, 2.45) is 11.8 Å². The largest absolute Gasteiger partial charge is 0.481 e. The van der Waals surface area contributed by atoms with Crippen LogP contribution in [0.25, 0.3) is 0 Å². The zero-order valence-electron chi connectivity index (χ0n) is 11.0. The number of hydrogen-bond acceptors (Lipinski definition) is 4.